The van der Waals surface area contributed by atoms with Crippen molar-refractivity contribution in [1.82, 2.24) is 0 Å². The van der Waals surface area contributed by atoms with Gasteiger partial charge in [0.2, 0.25) is 0 Å². The van der Waals surface area contributed by atoms with E-state index in [4.69, 9.17) is 9.47 Å². The summed E-state index contributed by atoms with van der Waals surface area (Å²) in [6, 6.07) is 24.5. The van der Waals surface area contributed by atoms with Crippen LogP contribution in [0, 0.1) is 0 Å². The molecule has 0 radical (unpaired) electrons. The van der Waals surface area contributed by atoms with E-state index >= 15 is 0 Å². The molecule has 1 aliphatic rings. The molecule has 0 aromatic heterocycles. The molecule has 0 bridgehead atoms. The van der Waals surface area contributed by atoms with Crippen molar-refractivity contribution in [2.45, 2.75) is 36.0 Å². The van der Waals surface area contributed by atoms with Crippen molar-refractivity contribution in [3.05, 3.63) is 90.0 Å². The van der Waals surface area contributed by atoms with E-state index in [0.29, 0.717) is 17.0 Å². The van der Waals surface area contributed by atoms with Gasteiger partial charge in [0.25, 0.3) is 5.91 Å². The molecule has 3 aromatic carbocycles. The normalized spacial score (nSPS) is 17.8. The van der Waals surface area contributed by atoms with Crippen LogP contribution in [0.15, 0.2) is 83.8 Å². The lowest BCUT2D eigenvalue weighted by Crippen LogP contribution is -2.44. The number of ether oxygens (including phenoxy) is 2. The predicted octanol–water partition coefficient (Wildman–Crippen LogP) is 6.01. The fourth-order valence-electron chi connectivity index (χ4n) is 3.76. The molecule has 6 heteroatoms. The van der Waals surface area contributed by atoms with Crippen LogP contribution in [0.1, 0.15) is 31.9 Å². The molecule has 0 fully saturated rings. The maximum Gasteiger partial charge on any atom is 0.421 e. The number of carbonyl (C=O) groups is 2. The van der Waals surface area contributed by atoms with Crippen LogP contribution in [0.3, 0.4) is 0 Å². The number of carbonyl (C=O) groups excluding carboxylic acids is 2. The second kappa shape index (κ2) is 8.36. The lowest BCUT2D eigenvalue weighted by atomic mass is 9.91. The zero-order valence-corrected chi connectivity index (χ0v) is 19.3. The van der Waals surface area contributed by atoms with Gasteiger partial charge in [-0.25, -0.2) is 9.69 Å². The SMILES string of the molecule is COc1ccc2c(c1)[C@@](Sc1ccccc1)(c1ccccc1)C(=O)N2C(=O)OC(C)(C)C. The molecular formula is C26H25NO4S. The third kappa shape index (κ3) is 3.86. The minimum absolute atomic E-state index is 0.366. The third-order valence-corrected chi connectivity index (χ3v) is 6.54. The Bertz CT molecular complexity index is 1140. The Hall–Kier alpha value is -3.25. The molecule has 2 amide bonds. The van der Waals surface area contributed by atoms with E-state index < -0.39 is 16.4 Å². The number of benzene rings is 3. The molecule has 1 atom stereocenters. The molecular weight excluding hydrogens is 422 g/mol. The van der Waals surface area contributed by atoms with E-state index in [1.807, 2.05) is 66.7 Å². The van der Waals surface area contributed by atoms with Gasteiger partial charge in [-0.1, -0.05) is 60.3 Å². The van der Waals surface area contributed by atoms with Gasteiger partial charge in [-0.2, -0.15) is 0 Å². The molecule has 0 N–H and O–H groups in total. The lowest BCUT2D eigenvalue weighted by Gasteiger charge is -2.29. The zero-order valence-electron chi connectivity index (χ0n) is 18.5. The Balaban J connectivity index is 1.96. The quantitative estimate of drug-likeness (QED) is 0.490. The second-order valence-corrected chi connectivity index (χ2v) is 9.75. The first-order chi connectivity index (χ1) is 15.3. The number of anilines is 1. The van der Waals surface area contributed by atoms with Gasteiger partial charge in [-0.05, 0) is 56.7 Å². The monoisotopic (exact) mass is 447 g/mol. The standard InChI is InChI=1S/C26H25NO4S/c1-25(2,3)31-24(29)27-22-16-15-19(30-4)17-21(22)26(23(27)28,18-11-7-5-8-12-18)32-20-13-9-6-10-14-20/h5-17H,1-4H3/t26-/m0/s1. The van der Waals surface area contributed by atoms with Crippen LogP contribution in [0.2, 0.25) is 0 Å². The number of hydrogen-bond acceptors (Lipinski definition) is 5. The number of nitrogens with zero attached hydrogens (tertiary/aromatic N) is 1. The van der Waals surface area contributed by atoms with Crippen molar-refractivity contribution in [3.8, 4) is 5.75 Å². The van der Waals surface area contributed by atoms with Gasteiger partial charge in [0.15, 0.2) is 4.75 Å². The molecule has 1 heterocycles. The van der Waals surface area contributed by atoms with E-state index in [9.17, 15) is 9.59 Å². The average Bonchev–Trinajstić information content (AvgIpc) is 3.02. The molecule has 5 nitrogen and oxygen atoms in total. The number of imide groups is 1. The topological polar surface area (TPSA) is 55.8 Å². The molecule has 0 spiro atoms. The number of fused-ring (bicyclic) bond motifs is 1. The molecule has 164 valence electrons. The van der Waals surface area contributed by atoms with Crippen LogP contribution in [0.25, 0.3) is 0 Å². The Morgan fingerprint density at radius 3 is 2.16 bits per heavy atom. The minimum Gasteiger partial charge on any atom is -0.497 e. The van der Waals surface area contributed by atoms with Crippen molar-refractivity contribution >= 4 is 29.4 Å². The Labute approximate surface area is 192 Å². The van der Waals surface area contributed by atoms with E-state index in [2.05, 4.69) is 0 Å². The Morgan fingerprint density at radius 2 is 1.56 bits per heavy atom. The molecule has 0 aliphatic carbocycles. The van der Waals surface area contributed by atoms with Crippen LogP contribution in [-0.2, 0) is 14.3 Å². The summed E-state index contributed by atoms with van der Waals surface area (Å²) >= 11 is 1.41. The fourth-order valence-corrected chi connectivity index (χ4v) is 5.12. The summed E-state index contributed by atoms with van der Waals surface area (Å²) in [5, 5.41) is 0. The predicted molar refractivity (Wildman–Crippen MR) is 126 cm³/mol. The number of thioether (sulfide) groups is 1. The molecule has 4 rings (SSSR count). The van der Waals surface area contributed by atoms with Gasteiger partial charge in [-0.3, -0.25) is 4.79 Å². The Morgan fingerprint density at radius 1 is 0.938 bits per heavy atom. The molecule has 3 aromatic rings. The molecule has 32 heavy (non-hydrogen) atoms. The van der Waals surface area contributed by atoms with Gasteiger partial charge in [0.05, 0.1) is 12.8 Å². The van der Waals surface area contributed by atoms with E-state index in [1.54, 1.807) is 40.0 Å². The van der Waals surface area contributed by atoms with Gasteiger partial charge in [-0.15, -0.1) is 0 Å². The van der Waals surface area contributed by atoms with Crippen molar-refractivity contribution < 1.29 is 19.1 Å². The van der Waals surface area contributed by atoms with Crippen LogP contribution in [0.5, 0.6) is 5.75 Å². The van der Waals surface area contributed by atoms with Gasteiger partial charge in [0.1, 0.15) is 11.4 Å². The molecule has 0 unspecified atom stereocenters. The number of rotatable bonds is 4. The minimum atomic E-state index is -1.18. The van der Waals surface area contributed by atoms with E-state index in [0.717, 1.165) is 15.4 Å². The highest BCUT2D eigenvalue weighted by molar-refractivity contribution is 8.01. The highest BCUT2D eigenvalue weighted by Gasteiger charge is 2.56. The highest BCUT2D eigenvalue weighted by atomic mass is 32.2. The number of amides is 2. The summed E-state index contributed by atoms with van der Waals surface area (Å²) in [6.07, 6.45) is -0.694. The number of methoxy groups -OCH3 is 1. The zero-order chi connectivity index (χ0) is 22.9. The first kappa shape index (κ1) is 22.0. The van der Waals surface area contributed by atoms with Crippen molar-refractivity contribution in [2.75, 3.05) is 12.0 Å². The third-order valence-electron chi connectivity index (χ3n) is 5.10. The Kier molecular flexibility index (Phi) is 5.73. The number of hydrogen-bond donors (Lipinski definition) is 0. The largest absolute Gasteiger partial charge is 0.497 e. The summed E-state index contributed by atoms with van der Waals surface area (Å²) in [6.45, 7) is 5.34. The summed E-state index contributed by atoms with van der Waals surface area (Å²) in [4.78, 5) is 29.4. The summed E-state index contributed by atoms with van der Waals surface area (Å²) in [5.74, 6) is 0.242. The maximum absolute atomic E-state index is 14.2. The van der Waals surface area contributed by atoms with Crippen LogP contribution in [0.4, 0.5) is 10.5 Å². The molecule has 0 saturated carbocycles. The van der Waals surface area contributed by atoms with Crippen molar-refractivity contribution in [2.24, 2.45) is 0 Å². The van der Waals surface area contributed by atoms with Crippen molar-refractivity contribution in [1.29, 1.82) is 0 Å². The summed E-state index contributed by atoms with van der Waals surface area (Å²) in [5.41, 5.74) is 1.22. The van der Waals surface area contributed by atoms with Crippen LogP contribution < -0.4 is 9.64 Å². The summed E-state index contributed by atoms with van der Waals surface area (Å²) < 4.78 is 9.91. The first-order valence-electron chi connectivity index (χ1n) is 10.3. The lowest BCUT2D eigenvalue weighted by molar-refractivity contribution is -0.119. The van der Waals surface area contributed by atoms with E-state index in [1.165, 1.54) is 11.8 Å². The smallest absolute Gasteiger partial charge is 0.421 e. The average molecular weight is 448 g/mol. The maximum atomic E-state index is 14.2. The fraction of sp³-hybridized carbons (Fsp3) is 0.231. The second-order valence-electron chi connectivity index (χ2n) is 8.47. The van der Waals surface area contributed by atoms with Crippen LogP contribution in [-0.4, -0.2) is 24.7 Å². The van der Waals surface area contributed by atoms with Crippen molar-refractivity contribution in [3.63, 3.8) is 0 Å². The summed E-state index contributed by atoms with van der Waals surface area (Å²) in [7, 11) is 1.58. The van der Waals surface area contributed by atoms with Gasteiger partial charge in [0, 0.05) is 10.5 Å². The van der Waals surface area contributed by atoms with Crippen LogP contribution >= 0.6 is 11.8 Å². The molecule has 0 saturated heterocycles. The highest BCUT2D eigenvalue weighted by Crippen LogP contribution is 2.56. The van der Waals surface area contributed by atoms with E-state index in [-0.39, 0.29) is 5.91 Å². The molecule has 1 aliphatic heterocycles. The van der Waals surface area contributed by atoms with Gasteiger partial charge < -0.3 is 9.47 Å². The first-order valence-corrected chi connectivity index (χ1v) is 11.1. The van der Waals surface area contributed by atoms with Gasteiger partial charge >= 0.3 is 6.09 Å².